The molecule has 0 bridgehead atoms. The van der Waals surface area contributed by atoms with E-state index >= 15 is 0 Å². The summed E-state index contributed by atoms with van der Waals surface area (Å²) in [6.07, 6.45) is 5.11. The van der Waals surface area contributed by atoms with Crippen molar-refractivity contribution in [1.29, 1.82) is 0 Å². The van der Waals surface area contributed by atoms with Crippen molar-refractivity contribution in [2.75, 3.05) is 31.5 Å². The number of rotatable bonds is 5. The van der Waals surface area contributed by atoms with Gasteiger partial charge in [-0.1, -0.05) is 48.0 Å². The number of anilines is 1. The van der Waals surface area contributed by atoms with E-state index < -0.39 is 0 Å². The van der Waals surface area contributed by atoms with E-state index in [0.29, 0.717) is 5.91 Å². The average Bonchev–Trinajstić information content (AvgIpc) is 2.82. The first-order valence-electron chi connectivity index (χ1n) is 11.6. The Morgan fingerprint density at radius 1 is 0.871 bits per heavy atom. The lowest BCUT2D eigenvalue weighted by molar-refractivity contribution is -0.138. The van der Waals surface area contributed by atoms with Crippen LogP contribution in [0.5, 0.6) is 0 Å². The zero-order valence-electron chi connectivity index (χ0n) is 18.4. The van der Waals surface area contributed by atoms with Gasteiger partial charge in [0.05, 0.1) is 0 Å². The Kier molecular flexibility index (Phi) is 7.03. The third-order valence-electron chi connectivity index (χ3n) is 6.59. The molecule has 1 atom stereocenters. The molecule has 0 radical (unpaired) electrons. The van der Waals surface area contributed by atoms with E-state index in [1.165, 1.54) is 6.42 Å². The van der Waals surface area contributed by atoms with Crippen LogP contribution >= 0.6 is 0 Å². The van der Waals surface area contributed by atoms with Crippen molar-refractivity contribution in [3.8, 4) is 0 Å². The zero-order chi connectivity index (χ0) is 21.6. The zero-order valence-corrected chi connectivity index (χ0v) is 18.4. The Labute approximate surface area is 185 Å². The Bertz CT molecular complexity index is 867. The average molecular weight is 420 g/mol. The van der Waals surface area contributed by atoms with Crippen LogP contribution in [0.1, 0.15) is 49.3 Å². The number of hydrogen-bond acceptors (Lipinski definition) is 3. The highest BCUT2D eigenvalue weighted by atomic mass is 16.2. The maximum absolute atomic E-state index is 13.3. The summed E-state index contributed by atoms with van der Waals surface area (Å²) < 4.78 is 0. The largest absolute Gasteiger partial charge is 0.342 e. The summed E-state index contributed by atoms with van der Waals surface area (Å²) in [5.74, 6) is 0.390. The minimum Gasteiger partial charge on any atom is -0.342 e. The lowest BCUT2D eigenvalue weighted by atomic mass is 9.92. The molecule has 2 heterocycles. The Morgan fingerprint density at radius 2 is 1.52 bits per heavy atom. The van der Waals surface area contributed by atoms with E-state index in [2.05, 4.69) is 15.1 Å². The van der Waals surface area contributed by atoms with Gasteiger partial charge in [0.2, 0.25) is 11.8 Å². The molecule has 2 aromatic carbocycles. The highest BCUT2D eigenvalue weighted by molar-refractivity contribution is 5.95. The van der Waals surface area contributed by atoms with Gasteiger partial charge in [0.15, 0.2) is 0 Å². The summed E-state index contributed by atoms with van der Waals surface area (Å²) in [6.45, 7) is 5.36. The number of carbonyl (C=O) groups excluding carboxylic acids is 2. The second kappa shape index (κ2) is 10.1. The molecule has 1 unspecified atom stereocenters. The van der Waals surface area contributed by atoms with Crippen LogP contribution in [0.15, 0.2) is 54.6 Å². The van der Waals surface area contributed by atoms with Gasteiger partial charge in [-0.3, -0.25) is 14.5 Å². The predicted octanol–water partition coefficient (Wildman–Crippen LogP) is 4.40. The molecule has 2 aromatic rings. The molecule has 5 heteroatoms. The number of hydrogen-bond donors (Lipinski definition) is 1. The number of benzene rings is 2. The van der Waals surface area contributed by atoms with Crippen LogP contribution < -0.4 is 5.32 Å². The smallest absolute Gasteiger partial charge is 0.246 e. The first-order valence-corrected chi connectivity index (χ1v) is 11.6. The van der Waals surface area contributed by atoms with Gasteiger partial charge in [0, 0.05) is 24.7 Å². The maximum Gasteiger partial charge on any atom is 0.246 e. The van der Waals surface area contributed by atoms with Crippen LogP contribution in [0.25, 0.3) is 0 Å². The fourth-order valence-electron chi connectivity index (χ4n) is 4.79. The number of nitrogens with one attached hydrogen (secondary N) is 1. The van der Waals surface area contributed by atoms with E-state index in [1.807, 2.05) is 61.5 Å². The van der Waals surface area contributed by atoms with E-state index in [1.54, 1.807) is 0 Å². The lowest BCUT2D eigenvalue weighted by Crippen LogP contribution is -2.47. The van der Waals surface area contributed by atoms with Crippen molar-refractivity contribution in [1.82, 2.24) is 9.80 Å². The van der Waals surface area contributed by atoms with Crippen molar-refractivity contribution >= 4 is 17.5 Å². The number of likely N-dealkylation sites (tertiary alicyclic amines) is 2. The fourth-order valence-corrected chi connectivity index (χ4v) is 4.79. The predicted molar refractivity (Wildman–Crippen MR) is 124 cm³/mol. The van der Waals surface area contributed by atoms with Gasteiger partial charge in [-0.25, -0.2) is 0 Å². The summed E-state index contributed by atoms with van der Waals surface area (Å²) in [7, 11) is 0. The molecule has 2 aliphatic heterocycles. The SMILES string of the molecule is Cc1ccc(NC(=O)C(c2ccccc2)N2CCC(C(=O)N3CCCCC3)CC2)cc1. The Morgan fingerprint density at radius 3 is 2.16 bits per heavy atom. The molecule has 4 rings (SSSR count). The van der Waals surface area contributed by atoms with Gasteiger partial charge in [-0.05, 0) is 69.8 Å². The van der Waals surface area contributed by atoms with E-state index in [4.69, 9.17) is 0 Å². The first-order chi connectivity index (χ1) is 15.1. The number of nitrogens with zero attached hydrogens (tertiary/aromatic N) is 2. The molecule has 0 aromatic heterocycles. The molecule has 0 aliphatic carbocycles. The van der Waals surface area contributed by atoms with Crippen LogP contribution in [0.3, 0.4) is 0 Å². The molecule has 2 amide bonds. The van der Waals surface area contributed by atoms with Gasteiger partial charge < -0.3 is 10.2 Å². The maximum atomic E-state index is 13.3. The van der Waals surface area contributed by atoms with Gasteiger partial charge >= 0.3 is 0 Å². The third-order valence-corrected chi connectivity index (χ3v) is 6.59. The van der Waals surface area contributed by atoms with Crippen LogP contribution in [0.2, 0.25) is 0 Å². The Hall–Kier alpha value is -2.66. The molecule has 2 fully saturated rings. The Balaban J connectivity index is 1.44. The number of piperidine rings is 2. The van der Waals surface area contributed by atoms with Crippen LogP contribution in [-0.4, -0.2) is 47.8 Å². The number of carbonyl (C=O) groups is 2. The highest BCUT2D eigenvalue weighted by Crippen LogP contribution is 2.29. The third kappa shape index (κ3) is 5.34. The molecule has 5 nitrogen and oxygen atoms in total. The summed E-state index contributed by atoms with van der Waals surface area (Å²) in [5.41, 5.74) is 2.97. The molecule has 1 N–H and O–H groups in total. The van der Waals surface area contributed by atoms with Crippen LogP contribution in [0.4, 0.5) is 5.69 Å². The number of aryl methyl sites for hydroxylation is 1. The van der Waals surface area contributed by atoms with E-state index in [0.717, 1.165) is 68.7 Å². The molecule has 2 saturated heterocycles. The van der Waals surface area contributed by atoms with Crippen molar-refractivity contribution < 1.29 is 9.59 Å². The normalized spacial score (nSPS) is 19.1. The van der Waals surface area contributed by atoms with Gasteiger partial charge in [0.1, 0.15) is 6.04 Å². The second-order valence-electron chi connectivity index (χ2n) is 8.86. The molecule has 0 saturated carbocycles. The van der Waals surface area contributed by atoms with Crippen molar-refractivity contribution in [2.24, 2.45) is 5.92 Å². The highest BCUT2D eigenvalue weighted by Gasteiger charge is 2.34. The van der Waals surface area contributed by atoms with Gasteiger partial charge in [-0.2, -0.15) is 0 Å². The van der Waals surface area contributed by atoms with Gasteiger partial charge in [0.25, 0.3) is 0 Å². The minimum absolute atomic E-state index is 0.0177. The van der Waals surface area contributed by atoms with Crippen molar-refractivity contribution in [2.45, 2.75) is 45.1 Å². The second-order valence-corrected chi connectivity index (χ2v) is 8.86. The monoisotopic (exact) mass is 419 g/mol. The standard InChI is InChI=1S/C26H33N3O2/c1-20-10-12-23(13-11-20)27-25(30)24(21-8-4-2-5-9-21)28-18-14-22(15-19-28)26(31)29-16-6-3-7-17-29/h2,4-5,8-13,22,24H,3,6-7,14-19H2,1H3,(H,27,30). The quantitative estimate of drug-likeness (QED) is 0.782. The molecule has 0 spiro atoms. The van der Waals surface area contributed by atoms with Crippen molar-refractivity contribution in [3.05, 3.63) is 65.7 Å². The summed E-state index contributed by atoms with van der Waals surface area (Å²) >= 11 is 0. The summed E-state index contributed by atoms with van der Waals surface area (Å²) in [5, 5.41) is 3.09. The molecule has 2 aliphatic rings. The molecular weight excluding hydrogens is 386 g/mol. The number of amides is 2. The van der Waals surface area contributed by atoms with Gasteiger partial charge in [-0.15, -0.1) is 0 Å². The van der Waals surface area contributed by atoms with Crippen LogP contribution in [0, 0.1) is 12.8 Å². The topological polar surface area (TPSA) is 52.7 Å². The first kappa shape index (κ1) is 21.6. The van der Waals surface area contributed by atoms with E-state index in [9.17, 15) is 9.59 Å². The molecular formula is C26H33N3O2. The molecule has 31 heavy (non-hydrogen) atoms. The van der Waals surface area contributed by atoms with Crippen molar-refractivity contribution in [3.63, 3.8) is 0 Å². The van der Waals surface area contributed by atoms with Crippen LogP contribution in [-0.2, 0) is 9.59 Å². The fraction of sp³-hybridized carbons (Fsp3) is 0.462. The summed E-state index contributed by atoms with van der Waals surface area (Å²) in [4.78, 5) is 30.6. The molecule has 164 valence electrons. The summed E-state index contributed by atoms with van der Waals surface area (Å²) in [6, 6.07) is 17.5. The lowest BCUT2D eigenvalue weighted by Gasteiger charge is -2.38. The minimum atomic E-state index is -0.353. The van der Waals surface area contributed by atoms with E-state index in [-0.39, 0.29) is 17.9 Å².